The van der Waals surface area contributed by atoms with E-state index in [1.807, 2.05) is 25.1 Å². The number of hydrogen-bond donors (Lipinski definition) is 1. The van der Waals surface area contributed by atoms with E-state index in [4.69, 9.17) is 22.1 Å². The fourth-order valence-corrected chi connectivity index (χ4v) is 1.87. The van der Waals surface area contributed by atoms with Crippen LogP contribution in [0.15, 0.2) is 34.8 Å². The van der Waals surface area contributed by atoms with E-state index in [1.54, 1.807) is 12.1 Å². The van der Waals surface area contributed by atoms with E-state index < -0.39 is 0 Å². The standard InChI is InChI=1S/C13H12BrClN2O/c1-8-6-9(2-3-10(8)14)18-7-12-11(15)4-5-13(16)17-12/h2-6H,7H2,1H3,(H2,16,17). The molecule has 2 rings (SSSR count). The Kier molecular flexibility index (Phi) is 4.09. The number of ether oxygens (including phenoxy) is 1. The second-order valence-electron chi connectivity index (χ2n) is 3.86. The Hall–Kier alpha value is -1.26. The van der Waals surface area contributed by atoms with Crippen molar-refractivity contribution < 1.29 is 4.74 Å². The molecule has 0 radical (unpaired) electrons. The van der Waals surface area contributed by atoms with Gasteiger partial charge < -0.3 is 10.5 Å². The van der Waals surface area contributed by atoms with Crippen molar-refractivity contribution in [1.82, 2.24) is 4.98 Å². The zero-order valence-electron chi connectivity index (χ0n) is 9.78. The van der Waals surface area contributed by atoms with Gasteiger partial charge in [0.15, 0.2) is 0 Å². The first-order chi connectivity index (χ1) is 8.56. The van der Waals surface area contributed by atoms with E-state index in [0.29, 0.717) is 23.1 Å². The van der Waals surface area contributed by atoms with E-state index in [2.05, 4.69) is 20.9 Å². The van der Waals surface area contributed by atoms with Crippen molar-refractivity contribution in [2.24, 2.45) is 0 Å². The Balaban J connectivity index is 2.11. The van der Waals surface area contributed by atoms with E-state index in [9.17, 15) is 0 Å². The molecule has 2 aromatic rings. The zero-order chi connectivity index (χ0) is 13.1. The van der Waals surface area contributed by atoms with Gasteiger partial charge in [-0.3, -0.25) is 0 Å². The van der Waals surface area contributed by atoms with Crippen LogP contribution in [0, 0.1) is 6.92 Å². The number of rotatable bonds is 3. The lowest BCUT2D eigenvalue weighted by Gasteiger charge is -2.09. The third-order valence-electron chi connectivity index (χ3n) is 2.45. The van der Waals surface area contributed by atoms with Crippen LogP contribution in [0.2, 0.25) is 5.02 Å². The lowest BCUT2D eigenvalue weighted by molar-refractivity contribution is 0.301. The summed E-state index contributed by atoms with van der Waals surface area (Å²) in [6.07, 6.45) is 0. The SMILES string of the molecule is Cc1cc(OCc2nc(N)ccc2Cl)ccc1Br. The summed E-state index contributed by atoms with van der Waals surface area (Å²) in [4.78, 5) is 4.14. The number of benzene rings is 1. The van der Waals surface area contributed by atoms with Gasteiger partial charge in [0.25, 0.3) is 0 Å². The third kappa shape index (κ3) is 3.15. The second kappa shape index (κ2) is 5.59. The Morgan fingerprint density at radius 2 is 2.11 bits per heavy atom. The van der Waals surface area contributed by atoms with Gasteiger partial charge in [0.2, 0.25) is 0 Å². The maximum absolute atomic E-state index is 6.01. The number of nitrogens with zero attached hydrogens (tertiary/aromatic N) is 1. The number of nitrogen functional groups attached to an aromatic ring is 1. The lowest BCUT2D eigenvalue weighted by Crippen LogP contribution is -2.02. The molecule has 0 bridgehead atoms. The predicted molar refractivity (Wildman–Crippen MR) is 76.9 cm³/mol. The minimum absolute atomic E-state index is 0.297. The number of nitrogens with two attached hydrogens (primary N) is 1. The molecule has 1 aromatic heterocycles. The summed E-state index contributed by atoms with van der Waals surface area (Å²) in [7, 11) is 0. The van der Waals surface area contributed by atoms with Crippen molar-refractivity contribution in [2.45, 2.75) is 13.5 Å². The highest BCUT2D eigenvalue weighted by atomic mass is 79.9. The largest absolute Gasteiger partial charge is 0.487 e. The van der Waals surface area contributed by atoms with Gasteiger partial charge in [-0.1, -0.05) is 27.5 Å². The first kappa shape index (κ1) is 13.2. The summed E-state index contributed by atoms with van der Waals surface area (Å²) in [6, 6.07) is 9.16. The molecule has 0 saturated carbocycles. The highest BCUT2D eigenvalue weighted by Crippen LogP contribution is 2.23. The molecule has 3 nitrogen and oxygen atoms in total. The van der Waals surface area contributed by atoms with Gasteiger partial charge in [0.1, 0.15) is 18.2 Å². The van der Waals surface area contributed by atoms with Crippen LogP contribution in [0.3, 0.4) is 0 Å². The van der Waals surface area contributed by atoms with Crippen molar-refractivity contribution in [1.29, 1.82) is 0 Å². The van der Waals surface area contributed by atoms with E-state index in [-0.39, 0.29) is 0 Å². The normalized spacial score (nSPS) is 10.4. The molecule has 0 fully saturated rings. The van der Waals surface area contributed by atoms with Gasteiger partial charge in [-0.05, 0) is 42.8 Å². The molecule has 5 heteroatoms. The molecule has 0 aliphatic carbocycles. The first-order valence-electron chi connectivity index (χ1n) is 5.36. The Labute approximate surface area is 119 Å². The summed E-state index contributed by atoms with van der Waals surface area (Å²) in [6.45, 7) is 2.30. The van der Waals surface area contributed by atoms with Crippen molar-refractivity contribution in [3.05, 3.63) is 51.1 Å². The van der Waals surface area contributed by atoms with Crippen molar-refractivity contribution in [2.75, 3.05) is 5.73 Å². The van der Waals surface area contributed by atoms with Gasteiger partial charge in [-0.15, -0.1) is 0 Å². The summed E-state index contributed by atoms with van der Waals surface area (Å²) in [5.41, 5.74) is 7.36. The molecule has 1 aromatic carbocycles. The van der Waals surface area contributed by atoms with Crippen molar-refractivity contribution >= 4 is 33.3 Å². The molecule has 2 N–H and O–H groups in total. The van der Waals surface area contributed by atoms with Crippen LogP contribution < -0.4 is 10.5 Å². The molecule has 0 unspecified atom stereocenters. The molecule has 0 amide bonds. The van der Waals surface area contributed by atoms with Gasteiger partial charge in [0.05, 0.1) is 10.7 Å². The van der Waals surface area contributed by atoms with Crippen LogP contribution >= 0.6 is 27.5 Å². The smallest absolute Gasteiger partial charge is 0.132 e. The second-order valence-corrected chi connectivity index (χ2v) is 5.13. The van der Waals surface area contributed by atoms with Crippen LogP contribution in [0.4, 0.5) is 5.82 Å². The maximum atomic E-state index is 6.01. The van der Waals surface area contributed by atoms with Crippen molar-refractivity contribution in [3.63, 3.8) is 0 Å². The molecule has 0 aliphatic heterocycles. The van der Waals surface area contributed by atoms with Crippen molar-refractivity contribution in [3.8, 4) is 5.75 Å². The van der Waals surface area contributed by atoms with E-state index in [1.165, 1.54) is 0 Å². The number of pyridine rings is 1. The number of hydrogen-bond acceptors (Lipinski definition) is 3. The number of aromatic nitrogens is 1. The van der Waals surface area contributed by atoms with Gasteiger partial charge in [0, 0.05) is 4.47 Å². The summed E-state index contributed by atoms with van der Waals surface area (Å²) in [5, 5.41) is 0.554. The summed E-state index contributed by atoms with van der Waals surface area (Å²) in [5.74, 6) is 1.21. The van der Waals surface area contributed by atoms with Crippen LogP contribution in [0.25, 0.3) is 0 Å². The minimum atomic E-state index is 0.297. The number of halogens is 2. The average Bonchev–Trinajstić information content (AvgIpc) is 2.34. The van der Waals surface area contributed by atoms with Gasteiger partial charge in [-0.2, -0.15) is 0 Å². The van der Waals surface area contributed by atoms with Crippen LogP contribution in [0.1, 0.15) is 11.3 Å². The predicted octanol–water partition coefficient (Wildman–Crippen LogP) is 3.97. The molecular formula is C13H12BrClN2O. The molecule has 0 aliphatic rings. The fourth-order valence-electron chi connectivity index (χ4n) is 1.46. The average molecular weight is 328 g/mol. The van der Waals surface area contributed by atoms with Crippen LogP contribution in [-0.4, -0.2) is 4.98 Å². The molecule has 0 atom stereocenters. The Morgan fingerprint density at radius 3 is 2.83 bits per heavy atom. The molecule has 0 spiro atoms. The molecule has 94 valence electrons. The molecule has 0 saturated heterocycles. The Morgan fingerprint density at radius 1 is 1.33 bits per heavy atom. The highest BCUT2D eigenvalue weighted by Gasteiger charge is 2.05. The zero-order valence-corrected chi connectivity index (χ0v) is 12.1. The van der Waals surface area contributed by atoms with Gasteiger partial charge >= 0.3 is 0 Å². The summed E-state index contributed by atoms with van der Waals surface area (Å²) >= 11 is 9.45. The molecular weight excluding hydrogens is 316 g/mol. The minimum Gasteiger partial charge on any atom is -0.487 e. The monoisotopic (exact) mass is 326 g/mol. The van der Waals surface area contributed by atoms with Crippen LogP contribution in [0.5, 0.6) is 5.75 Å². The van der Waals surface area contributed by atoms with Crippen LogP contribution in [-0.2, 0) is 6.61 Å². The quantitative estimate of drug-likeness (QED) is 0.928. The number of aryl methyl sites for hydroxylation is 1. The highest BCUT2D eigenvalue weighted by molar-refractivity contribution is 9.10. The summed E-state index contributed by atoms with van der Waals surface area (Å²) < 4.78 is 6.69. The maximum Gasteiger partial charge on any atom is 0.132 e. The molecule has 18 heavy (non-hydrogen) atoms. The Bertz CT molecular complexity index is 575. The molecule has 1 heterocycles. The number of anilines is 1. The fraction of sp³-hybridized carbons (Fsp3) is 0.154. The first-order valence-corrected chi connectivity index (χ1v) is 6.53. The van der Waals surface area contributed by atoms with E-state index in [0.717, 1.165) is 15.8 Å². The third-order valence-corrected chi connectivity index (χ3v) is 3.68. The lowest BCUT2D eigenvalue weighted by atomic mass is 10.2. The topological polar surface area (TPSA) is 48.1 Å². The van der Waals surface area contributed by atoms with Gasteiger partial charge in [-0.25, -0.2) is 4.98 Å². The van der Waals surface area contributed by atoms with E-state index >= 15 is 0 Å².